The summed E-state index contributed by atoms with van der Waals surface area (Å²) >= 11 is 0. The molecule has 0 aliphatic heterocycles. The number of benzene rings is 2. The zero-order valence-electron chi connectivity index (χ0n) is 16.6. The van der Waals surface area contributed by atoms with Crippen molar-refractivity contribution in [2.75, 3.05) is 0 Å². The Morgan fingerprint density at radius 1 is 1.04 bits per heavy atom. The molecule has 26 heavy (non-hydrogen) atoms. The van der Waals surface area contributed by atoms with Crippen molar-refractivity contribution in [3.63, 3.8) is 0 Å². The number of nitrogens with zero attached hydrogens (tertiary/aromatic N) is 1. The maximum Gasteiger partial charge on any atom is 0.248 e. The molecule has 0 spiro atoms. The number of nitrogens with two attached hydrogens (primary N) is 1. The van der Waals surface area contributed by atoms with Gasteiger partial charge in [0, 0.05) is 22.2 Å². The van der Waals surface area contributed by atoms with Gasteiger partial charge < -0.3 is 10.3 Å². The van der Waals surface area contributed by atoms with E-state index in [1.165, 1.54) is 22.4 Å². The minimum atomic E-state index is -0.387. The van der Waals surface area contributed by atoms with E-state index in [0.717, 1.165) is 10.9 Å². The minimum absolute atomic E-state index is 0.152. The highest BCUT2D eigenvalue weighted by molar-refractivity contribution is 5.98. The molecule has 0 aliphatic carbocycles. The lowest BCUT2D eigenvalue weighted by atomic mass is 9.86. The van der Waals surface area contributed by atoms with Crippen molar-refractivity contribution in [2.45, 2.75) is 53.0 Å². The average molecular weight is 348 g/mol. The molecular formula is C23H28N2O. The minimum Gasteiger partial charge on any atom is -0.366 e. The monoisotopic (exact) mass is 348 g/mol. The standard InChI is InChI=1S/C23H28N2O/c1-14-15(2)25(21-12-9-18(22(24)26)13-20(14)21)16(3)17-7-10-19(11-8-17)23(4,5)6/h7-13,16H,1-6H3,(H2,24,26)/t16-/m0/s1. The van der Waals surface area contributed by atoms with Crippen LogP contribution in [-0.4, -0.2) is 10.5 Å². The molecule has 3 rings (SSSR count). The van der Waals surface area contributed by atoms with Gasteiger partial charge in [0.05, 0.1) is 6.04 Å². The fourth-order valence-corrected chi connectivity index (χ4v) is 3.67. The third-order valence-electron chi connectivity index (χ3n) is 5.50. The summed E-state index contributed by atoms with van der Waals surface area (Å²) in [7, 11) is 0. The van der Waals surface area contributed by atoms with Gasteiger partial charge in [-0.1, -0.05) is 45.0 Å². The maximum absolute atomic E-state index is 11.5. The Balaban J connectivity index is 2.10. The first-order valence-corrected chi connectivity index (χ1v) is 9.12. The molecule has 0 bridgehead atoms. The maximum atomic E-state index is 11.5. The van der Waals surface area contributed by atoms with E-state index in [9.17, 15) is 4.79 Å². The number of carbonyl (C=O) groups is 1. The molecular weight excluding hydrogens is 320 g/mol. The van der Waals surface area contributed by atoms with E-state index in [1.54, 1.807) is 0 Å². The summed E-state index contributed by atoms with van der Waals surface area (Å²) in [6.07, 6.45) is 0. The van der Waals surface area contributed by atoms with Crippen LogP contribution in [-0.2, 0) is 5.41 Å². The lowest BCUT2D eigenvalue weighted by Gasteiger charge is -2.22. The summed E-state index contributed by atoms with van der Waals surface area (Å²) in [5.41, 5.74) is 12.3. The summed E-state index contributed by atoms with van der Waals surface area (Å²) in [5, 5.41) is 1.09. The second-order valence-corrected chi connectivity index (χ2v) is 8.22. The zero-order valence-corrected chi connectivity index (χ0v) is 16.6. The molecule has 2 aromatic carbocycles. The van der Waals surface area contributed by atoms with Crippen LogP contribution in [0.1, 0.15) is 66.5 Å². The van der Waals surface area contributed by atoms with Crippen molar-refractivity contribution in [1.82, 2.24) is 4.57 Å². The van der Waals surface area contributed by atoms with Gasteiger partial charge in [0.15, 0.2) is 0 Å². The second kappa shape index (κ2) is 6.31. The molecule has 1 atom stereocenters. The molecule has 0 saturated carbocycles. The Hall–Kier alpha value is -2.55. The van der Waals surface area contributed by atoms with Crippen LogP contribution < -0.4 is 5.73 Å². The van der Waals surface area contributed by atoms with Crippen LogP contribution >= 0.6 is 0 Å². The first-order chi connectivity index (χ1) is 12.1. The van der Waals surface area contributed by atoms with Crippen molar-refractivity contribution in [2.24, 2.45) is 5.73 Å². The van der Waals surface area contributed by atoms with Crippen LogP contribution in [0.3, 0.4) is 0 Å². The molecule has 3 nitrogen and oxygen atoms in total. The molecule has 1 heterocycles. The average Bonchev–Trinajstić information content (AvgIpc) is 2.84. The van der Waals surface area contributed by atoms with E-state index in [-0.39, 0.29) is 17.4 Å². The van der Waals surface area contributed by atoms with E-state index in [2.05, 4.69) is 70.4 Å². The van der Waals surface area contributed by atoms with Crippen molar-refractivity contribution in [3.05, 3.63) is 70.4 Å². The van der Waals surface area contributed by atoms with E-state index >= 15 is 0 Å². The number of aryl methyl sites for hydroxylation is 1. The summed E-state index contributed by atoms with van der Waals surface area (Å²) in [6, 6.07) is 14.8. The highest BCUT2D eigenvalue weighted by Crippen LogP contribution is 2.33. The SMILES string of the molecule is Cc1c(C)n([C@@H](C)c2ccc(C(C)(C)C)cc2)c2ccc(C(N)=O)cc12. The molecule has 0 aliphatic rings. The van der Waals surface area contributed by atoms with E-state index in [4.69, 9.17) is 5.73 Å². The van der Waals surface area contributed by atoms with Gasteiger partial charge >= 0.3 is 0 Å². The smallest absolute Gasteiger partial charge is 0.248 e. The van der Waals surface area contributed by atoms with Gasteiger partial charge in [-0.2, -0.15) is 0 Å². The number of fused-ring (bicyclic) bond motifs is 1. The summed E-state index contributed by atoms with van der Waals surface area (Å²) < 4.78 is 2.35. The Morgan fingerprint density at radius 3 is 2.19 bits per heavy atom. The van der Waals surface area contributed by atoms with Crippen LogP contribution in [0.4, 0.5) is 0 Å². The summed E-state index contributed by atoms with van der Waals surface area (Å²) in [5.74, 6) is -0.387. The number of rotatable bonds is 3. The molecule has 0 unspecified atom stereocenters. The second-order valence-electron chi connectivity index (χ2n) is 8.22. The Morgan fingerprint density at radius 2 is 1.65 bits per heavy atom. The quantitative estimate of drug-likeness (QED) is 0.689. The van der Waals surface area contributed by atoms with Gasteiger partial charge in [-0.15, -0.1) is 0 Å². The number of carbonyl (C=O) groups excluding carboxylic acids is 1. The largest absolute Gasteiger partial charge is 0.366 e. The number of primary amides is 1. The van der Waals surface area contributed by atoms with E-state index in [1.807, 2.05) is 18.2 Å². The fraction of sp³-hybridized carbons (Fsp3) is 0.348. The van der Waals surface area contributed by atoms with Crippen LogP contribution in [0.25, 0.3) is 10.9 Å². The van der Waals surface area contributed by atoms with Crippen LogP contribution in [0, 0.1) is 13.8 Å². The van der Waals surface area contributed by atoms with E-state index < -0.39 is 0 Å². The molecule has 0 saturated heterocycles. The molecule has 2 N–H and O–H groups in total. The molecule has 3 aromatic rings. The summed E-state index contributed by atoms with van der Waals surface area (Å²) in [4.78, 5) is 11.5. The summed E-state index contributed by atoms with van der Waals surface area (Å²) in [6.45, 7) is 13.2. The molecule has 136 valence electrons. The zero-order chi connectivity index (χ0) is 19.2. The number of hydrogen-bond donors (Lipinski definition) is 1. The van der Waals surface area contributed by atoms with Gasteiger partial charge in [-0.25, -0.2) is 0 Å². The van der Waals surface area contributed by atoms with Crippen LogP contribution in [0.5, 0.6) is 0 Å². The van der Waals surface area contributed by atoms with Gasteiger partial charge in [-0.3, -0.25) is 4.79 Å². The first kappa shape index (κ1) is 18.2. The van der Waals surface area contributed by atoms with Gasteiger partial charge in [0.2, 0.25) is 5.91 Å². The molecule has 0 fully saturated rings. The Bertz CT molecular complexity index is 972. The molecule has 1 aromatic heterocycles. The molecule has 0 radical (unpaired) electrons. The van der Waals surface area contributed by atoms with Gasteiger partial charge in [0.1, 0.15) is 0 Å². The van der Waals surface area contributed by atoms with Crippen molar-refractivity contribution < 1.29 is 4.79 Å². The van der Waals surface area contributed by atoms with Gasteiger partial charge in [-0.05, 0) is 61.1 Å². The Labute approximate surface area is 155 Å². The Kier molecular flexibility index (Phi) is 4.43. The van der Waals surface area contributed by atoms with Crippen LogP contribution in [0.2, 0.25) is 0 Å². The van der Waals surface area contributed by atoms with Crippen molar-refractivity contribution in [3.8, 4) is 0 Å². The fourth-order valence-electron chi connectivity index (χ4n) is 3.67. The topological polar surface area (TPSA) is 48.0 Å². The number of aromatic nitrogens is 1. The normalized spacial score (nSPS) is 13.2. The van der Waals surface area contributed by atoms with Crippen LogP contribution in [0.15, 0.2) is 42.5 Å². The first-order valence-electron chi connectivity index (χ1n) is 9.12. The van der Waals surface area contributed by atoms with Crippen molar-refractivity contribution >= 4 is 16.8 Å². The highest BCUT2D eigenvalue weighted by atomic mass is 16.1. The number of hydrogen-bond acceptors (Lipinski definition) is 1. The van der Waals surface area contributed by atoms with E-state index in [0.29, 0.717) is 5.56 Å². The van der Waals surface area contributed by atoms with Gasteiger partial charge in [0.25, 0.3) is 0 Å². The third-order valence-corrected chi connectivity index (χ3v) is 5.50. The molecule has 3 heteroatoms. The third kappa shape index (κ3) is 3.03. The predicted molar refractivity (Wildman–Crippen MR) is 109 cm³/mol. The lowest BCUT2D eigenvalue weighted by Crippen LogP contribution is -2.13. The highest BCUT2D eigenvalue weighted by Gasteiger charge is 2.19. The number of amides is 1. The van der Waals surface area contributed by atoms with Crippen molar-refractivity contribution in [1.29, 1.82) is 0 Å². The predicted octanol–water partition coefficient (Wildman–Crippen LogP) is 5.26. The molecule has 1 amide bonds. The lowest BCUT2D eigenvalue weighted by molar-refractivity contribution is 0.100.